The Hall–Kier alpha value is -2.06. The van der Waals surface area contributed by atoms with E-state index in [0.29, 0.717) is 33.7 Å². The summed E-state index contributed by atoms with van der Waals surface area (Å²) in [7, 11) is 0. The van der Waals surface area contributed by atoms with E-state index in [-0.39, 0.29) is 5.56 Å². The molecule has 3 heterocycles. The van der Waals surface area contributed by atoms with Gasteiger partial charge in [-0.2, -0.15) is 11.8 Å². The minimum absolute atomic E-state index is 0.147. The lowest BCUT2D eigenvalue weighted by molar-refractivity contribution is 0.146. The van der Waals surface area contributed by atoms with Gasteiger partial charge in [0.25, 0.3) is 6.43 Å². The fourth-order valence-corrected chi connectivity index (χ4v) is 5.31. The molecule has 0 amide bonds. The lowest BCUT2D eigenvalue weighted by Gasteiger charge is -2.23. The lowest BCUT2D eigenvalue weighted by Crippen LogP contribution is -2.13. The number of hydrogen-bond donors (Lipinski definition) is 1. The van der Waals surface area contributed by atoms with E-state index in [1.807, 2.05) is 17.8 Å². The van der Waals surface area contributed by atoms with Crippen molar-refractivity contribution in [2.45, 2.75) is 45.1 Å². The van der Waals surface area contributed by atoms with E-state index in [0.717, 1.165) is 36.0 Å². The van der Waals surface area contributed by atoms with Gasteiger partial charge in [-0.1, -0.05) is 29.8 Å². The Labute approximate surface area is 188 Å². The van der Waals surface area contributed by atoms with Crippen molar-refractivity contribution < 1.29 is 13.2 Å². The van der Waals surface area contributed by atoms with Crippen LogP contribution in [-0.2, 0) is 0 Å². The van der Waals surface area contributed by atoms with Crippen LogP contribution in [0.2, 0.25) is 5.15 Å². The molecule has 4 rings (SSSR count). The fraction of sp³-hybridized carbons (Fsp3) is 0.409. The summed E-state index contributed by atoms with van der Waals surface area (Å²) in [6, 6.07) is 5.39. The number of benzene rings is 1. The molecule has 0 bridgehead atoms. The summed E-state index contributed by atoms with van der Waals surface area (Å²) < 4.78 is 40.9. The number of nitrogens with zero attached hydrogens (tertiary/aromatic N) is 3. The topological polar surface area (TPSA) is 50.7 Å². The molecular formula is C22H22ClF3N4S. The minimum atomic E-state index is -2.88. The van der Waals surface area contributed by atoms with Crippen LogP contribution in [0.25, 0.3) is 11.0 Å². The zero-order chi connectivity index (χ0) is 22.1. The number of fused-ring (bicyclic) bond motifs is 1. The van der Waals surface area contributed by atoms with E-state index in [9.17, 15) is 13.2 Å². The standard InChI is InChI=1S/C22H22ClF3N4S/c1-11(14-4-3-5-15(18(14)24)20(25)26)27-21-17-10-16(13-6-8-31-9-7-13)19(23)30-22(17)29-12(2)28-21/h3-5,10-11,13,20H,6-9H2,1-2H3,(H,27,28,29,30)/t11-/m1/s1. The van der Waals surface area contributed by atoms with E-state index >= 15 is 0 Å². The highest BCUT2D eigenvalue weighted by Crippen LogP contribution is 2.37. The smallest absolute Gasteiger partial charge is 0.266 e. The average Bonchev–Trinajstić information content (AvgIpc) is 2.73. The zero-order valence-corrected chi connectivity index (χ0v) is 18.7. The molecule has 4 nitrogen and oxygen atoms in total. The molecule has 3 aromatic rings. The van der Waals surface area contributed by atoms with Crippen molar-refractivity contribution in [3.63, 3.8) is 0 Å². The minimum Gasteiger partial charge on any atom is -0.363 e. The molecule has 1 saturated heterocycles. The summed E-state index contributed by atoms with van der Waals surface area (Å²) in [5.41, 5.74) is 0.945. The third kappa shape index (κ3) is 4.60. The van der Waals surface area contributed by atoms with Gasteiger partial charge in [0, 0.05) is 5.56 Å². The molecule has 1 N–H and O–H groups in total. The van der Waals surface area contributed by atoms with Gasteiger partial charge in [-0.05, 0) is 55.7 Å². The van der Waals surface area contributed by atoms with Crippen LogP contribution in [0, 0.1) is 12.7 Å². The lowest BCUT2D eigenvalue weighted by atomic mass is 9.94. The Balaban J connectivity index is 1.74. The van der Waals surface area contributed by atoms with Crippen molar-refractivity contribution in [1.29, 1.82) is 0 Å². The van der Waals surface area contributed by atoms with E-state index in [1.165, 1.54) is 12.1 Å². The first-order valence-electron chi connectivity index (χ1n) is 10.1. The third-order valence-corrected chi connectivity index (χ3v) is 6.91. The highest BCUT2D eigenvalue weighted by atomic mass is 35.5. The molecule has 0 saturated carbocycles. The van der Waals surface area contributed by atoms with Crippen LogP contribution in [0.1, 0.15) is 60.7 Å². The van der Waals surface area contributed by atoms with Crippen molar-refractivity contribution in [2.75, 3.05) is 16.8 Å². The van der Waals surface area contributed by atoms with Gasteiger partial charge < -0.3 is 5.32 Å². The predicted octanol–water partition coefficient (Wildman–Crippen LogP) is 6.85. The van der Waals surface area contributed by atoms with Crippen LogP contribution in [0.3, 0.4) is 0 Å². The van der Waals surface area contributed by atoms with Gasteiger partial charge in [0.2, 0.25) is 0 Å². The zero-order valence-electron chi connectivity index (χ0n) is 17.1. The molecule has 1 fully saturated rings. The number of alkyl halides is 2. The highest BCUT2D eigenvalue weighted by molar-refractivity contribution is 7.99. The van der Waals surface area contributed by atoms with Crippen molar-refractivity contribution in [2.24, 2.45) is 0 Å². The Morgan fingerprint density at radius 2 is 1.84 bits per heavy atom. The number of pyridine rings is 1. The molecule has 9 heteroatoms. The van der Waals surface area contributed by atoms with Crippen LogP contribution in [0.4, 0.5) is 19.0 Å². The first kappa shape index (κ1) is 22.1. The number of aryl methyl sites for hydroxylation is 1. The number of hydrogen-bond acceptors (Lipinski definition) is 5. The number of nitrogens with one attached hydrogen (secondary N) is 1. The molecule has 1 aliphatic heterocycles. The maximum absolute atomic E-state index is 14.6. The first-order chi connectivity index (χ1) is 14.8. The molecule has 164 valence electrons. The van der Waals surface area contributed by atoms with E-state index in [1.54, 1.807) is 13.8 Å². The summed E-state index contributed by atoms with van der Waals surface area (Å²) in [4.78, 5) is 13.4. The molecule has 0 spiro atoms. The number of anilines is 1. The molecule has 1 aliphatic rings. The van der Waals surface area contributed by atoms with Gasteiger partial charge in [-0.3, -0.25) is 0 Å². The fourth-order valence-electron chi connectivity index (χ4n) is 3.92. The Bertz CT molecular complexity index is 1110. The normalized spacial score (nSPS) is 16.1. The van der Waals surface area contributed by atoms with Crippen LogP contribution in [0.15, 0.2) is 24.3 Å². The second-order valence-electron chi connectivity index (χ2n) is 7.66. The van der Waals surface area contributed by atoms with Crippen LogP contribution in [-0.4, -0.2) is 26.5 Å². The number of aromatic nitrogens is 3. The molecule has 0 aliphatic carbocycles. The van der Waals surface area contributed by atoms with Gasteiger partial charge in [0.1, 0.15) is 22.6 Å². The van der Waals surface area contributed by atoms with Gasteiger partial charge in [-0.15, -0.1) is 0 Å². The second-order valence-corrected chi connectivity index (χ2v) is 9.25. The summed E-state index contributed by atoms with van der Waals surface area (Å²) in [6.45, 7) is 3.44. The van der Waals surface area contributed by atoms with E-state index < -0.39 is 23.8 Å². The molecule has 0 unspecified atom stereocenters. The third-order valence-electron chi connectivity index (χ3n) is 5.55. The van der Waals surface area contributed by atoms with Crippen LogP contribution < -0.4 is 5.32 Å². The number of halogens is 4. The Morgan fingerprint density at radius 1 is 1.13 bits per heavy atom. The first-order valence-corrected chi connectivity index (χ1v) is 11.6. The Kier molecular flexibility index (Phi) is 6.57. The van der Waals surface area contributed by atoms with Gasteiger partial charge in [0.15, 0.2) is 5.65 Å². The van der Waals surface area contributed by atoms with Gasteiger partial charge >= 0.3 is 0 Å². The van der Waals surface area contributed by atoms with Crippen LogP contribution >= 0.6 is 23.4 Å². The van der Waals surface area contributed by atoms with Gasteiger partial charge in [0.05, 0.1) is 17.0 Å². The Morgan fingerprint density at radius 3 is 2.55 bits per heavy atom. The predicted molar refractivity (Wildman–Crippen MR) is 120 cm³/mol. The molecule has 2 aromatic heterocycles. The maximum Gasteiger partial charge on any atom is 0.266 e. The average molecular weight is 467 g/mol. The quantitative estimate of drug-likeness (QED) is 0.417. The molecular weight excluding hydrogens is 445 g/mol. The summed E-state index contributed by atoms with van der Waals surface area (Å²) in [6.07, 6.45) is -0.832. The SMILES string of the molecule is Cc1nc(N[C@H](C)c2cccc(C(F)F)c2F)c2cc(C3CCSCC3)c(Cl)nc2n1. The highest BCUT2D eigenvalue weighted by Gasteiger charge is 2.23. The largest absolute Gasteiger partial charge is 0.363 e. The number of thioether (sulfide) groups is 1. The number of rotatable bonds is 5. The summed E-state index contributed by atoms with van der Waals surface area (Å²) in [5, 5.41) is 4.30. The van der Waals surface area contributed by atoms with Crippen molar-refractivity contribution in [1.82, 2.24) is 15.0 Å². The molecule has 1 atom stereocenters. The van der Waals surface area contributed by atoms with Crippen molar-refractivity contribution >= 4 is 40.2 Å². The van der Waals surface area contributed by atoms with Gasteiger partial charge in [-0.25, -0.2) is 28.1 Å². The molecule has 0 radical (unpaired) electrons. The van der Waals surface area contributed by atoms with E-state index in [4.69, 9.17) is 11.6 Å². The summed E-state index contributed by atoms with van der Waals surface area (Å²) in [5.74, 6) is 2.52. The molecule has 31 heavy (non-hydrogen) atoms. The van der Waals surface area contributed by atoms with E-state index in [2.05, 4.69) is 20.3 Å². The second kappa shape index (κ2) is 9.20. The van der Waals surface area contributed by atoms with Crippen LogP contribution in [0.5, 0.6) is 0 Å². The monoisotopic (exact) mass is 466 g/mol. The maximum atomic E-state index is 14.6. The molecule has 1 aromatic carbocycles. The summed E-state index contributed by atoms with van der Waals surface area (Å²) >= 11 is 8.42. The van der Waals surface area contributed by atoms with Crippen molar-refractivity contribution in [3.05, 3.63) is 57.8 Å². The van der Waals surface area contributed by atoms with Crippen molar-refractivity contribution in [3.8, 4) is 0 Å².